The Kier molecular flexibility index (Phi) is 5.14. The van der Waals surface area contributed by atoms with Gasteiger partial charge in [0.2, 0.25) is 0 Å². The summed E-state index contributed by atoms with van der Waals surface area (Å²) in [6.07, 6.45) is 0.923. The van der Waals surface area contributed by atoms with Crippen molar-refractivity contribution in [3.8, 4) is 0 Å². The monoisotopic (exact) mass is 275 g/mol. The summed E-state index contributed by atoms with van der Waals surface area (Å²) in [5.41, 5.74) is 8.46. The van der Waals surface area contributed by atoms with Gasteiger partial charge in [-0.3, -0.25) is 0 Å². The lowest BCUT2D eigenvalue weighted by molar-refractivity contribution is 0.0406. The van der Waals surface area contributed by atoms with Crippen LogP contribution in [0, 0.1) is 6.92 Å². The minimum Gasteiger partial charge on any atom is -0.372 e. The second kappa shape index (κ2) is 6.85. The van der Waals surface area contributed by atoms with Gasteiger partial charge in [-0.15, -0.1) is 11.3 Å². The van der Waals surface area contributed by atoms with Crippen molar-refractivity contribution in [3.05, 3.63) is 57.8 Å². The van der Waals surface area contributed by atoms with E-state index in [4.69, 9.17) is 10.5 Å². The van der Waals surface area contributed by atoms with Crippen LogP contribution in [0.4, 0.5) is 0 Å². The molecule has 0 spiro atoms. The topological polar surface area (TPSA) is 35.2 Å². The first-order valence-electron chi connectivity index (χ1n) is 6.63. The Hall–Kier alpha value is -1.16. The van der Waals surface area contributed by atoms with E-state index in [2.05, 4.69) is 48.7 Å². The van der Waals surface area contributed by atoms with Gasteiger partial charge in [0.05, 0.1) is 12.7 Å². The van der Waals surface area contributed by atoms with Crippen LogP contribution in [-0.2, 0) is 11.2 Å². The Labute approximate surface area is 119 Å². The lowest BCUT2D eigenvalue weighted by atomic mass is 10.0. The van der Waals surface area contributed by atoms with Crippen LogP contribution in [0.1, 0.15) is 29.0 Å². The molecular weight excluding hydrogens is 254 g/mol. The highest BCUT2D eigenvalue weighted by Gasteiger charge is 2.16. The van der Waals surface area contributed by atoms with Gasteiger partial charge < -0.3 is 10.5 Å². The van der Waals surface area contributed by atoms with E-state index in [0.29, 0.717) is 6.61 Å². The summed E-state index contributed by atoms with van der Waals surface area (Å²) < 4.78 is 6.00. The van der Waals surface area contributed by atoms with E-state index >= 15 is 0 Å². The van der Waals surface area contributed by atoms with Gasteiger partial charge in [-0.25, -0.2) is 0 Å². The van der Waals surface area contributed by atoms with Crippen molar-refractivity contribution in [1.82, 2.24) is 0 Å². The highest BCUT2D eigenvalue weighted by Crippen LogP contribution is 2.22. The van der Waals surface area contributed by atoms with Crippen LogP contribution in [0.3, 0.4) is 0 Å². The Morgan fingerprint density at radius 1 is 1.26 bits per heavy atom. The molecule has 3 heteroatoms. The van der Waals surface area contributed by atoms with E-state index < -0.39 is 0 Å². The Morgan fingerprint density at radius 3 is 2.74 bits per heavy atom. The summed E-state index contributed by atoms with van der Waals surface area (Å²) in [5.74, 6) is 0. The molecule has 1 aromatic heterocycles. The fourth-order valence-electron chi connectivity index (χ4n) is 2.14. The second-order valence-electron chi connectivity index (χ2n) is 4.89. The van der Waals surface area contributed by atoms with Gasteiger partial charge in [0.15, 0.2) is 0 Å². The van der Waals surface area contributed by atoms with Gasteiger partial charge in [-0.05, 0) is 30.9 Å². The maximum Gasteiger partial charge on any atom is 0.0973 e. The largest absolute Gasteiger partial charge is 0.372 e. The van der Waals surface area contributed by atoms with E-state index in [0.717, 1.165) is 6.42 Å². The van der Waals surface area contributed by atoms with E-state index in [1.807, 2.05) is 6.92 Å². The Bertz CT molecular complexity index is 493. The van der Waals surface area contributed by atoms with Crippen LogP contribution in [0.2, 0.25) is 0 Å². The van der Waals surface area contributed by atoms with Gasteiger partial charge in [-0.2, -0.15) is 0 Å². The third-order valence-electron chi connectivity index (χ3n) is 3.07. The first-order valence-corrected chi connectivity index (χ1v) is 7.51. The minimum absolute atomic E-state index is 0.00913. The molecule has 0 saturated carbocycles. The molecule has 2 atom stereocenters. The van der Waals surface area contributed by atoms with Crippen molar-refractivity contribution in [1.29, 1.82) is 0 Å². The van der Waals surface area contributed by atoms with Gasteiger partial charge in [0.1, 0.15) is 0 Å². The van der Waals surface area contributed by atoms with Crippen LogP contribution in [0.15, 0.2) is 41.8 Å². The molecule has 1 aromatic carbocycles. The zero-order valence-electron chi connectivity index (χ0n) is 11.5. The summed E-state index contributed by atoms with van der Waals surface area (Å²) in [5, 5.41) is 2.10. The average Bonchev–Trinajstić information content (AvgIpc) is 2.87. The quantitative estimate of drug-likeness (QED) is 0.872. The summed E-state index contributed by atoms with van der Waals surface area (Å²) in [7, 11) is 0. The lowest BCUT2D eigenvalue weighted by Crippen LogP contribution is -2.27. The summed E-state index contributed by atoms with van der Waals surface area (Å²) in [6, 6.07) is 12.6. The zero-order valence-corrected chi connectivity index (χ0v) is 12.3. The first kappa shape index (κ1) is 14.3. The summed E-state index contributed by atoms with van der Waals surface area (Å²) in [6.45, 7) is 4.80. The van der Waals surface area contributed by atoms with Crippen molar-refractivity contribution in [2.75, 3.05) is 6.61 Å². The second-order valence-corrected chi connectivity index (χ2v) is 5.93. The van der Waals surface area contributed by atoms with E-state index in [1.165, 1.54) is 16.0 Å². The molecule has 0 aliphatic rings. The molecule has 2 unspecified atom stereocenters. The van der Waals surface area contributed by atoms with Crippen LogP contribution in [-0.4, -0.2) is 12.6 Å². The number of nitrogens with two attached hydrogens (primary N) is 1. The Balaban J connectivity index is 1.96. The van der Waals surface area contributed by atoms with E-state index in [1.54, 1.807) is 11.3 Å². The molecule has 0 fully saturated rings. The molecule has 0 bridgehead atoms. The fourth-order valence-corrected chi connectivity index (χ4v) is 2.83. The molecule has 2 rings (SSSR count). The molecule has 0 radical (unpaired) electrons. The van der Waals surface area contributed by atoms with Gasteiger partial charge in [-0.1, -0.05) is 35.9 Å². The van der Waals surface area contributed by atoms with E-state index in [-0.39, 0.29) is 12.1 Å². The predicted molar refractivity (Wildman–Crippen MR) is 81.5 cm³/mol. The number of benzene rings is 1. The van der Waals surface area contributed by atoms with Gasteiger partial charge in [0, 0.05) is 17.3 Å². The van der Waals surface area contributed by atoms with E-state index in [9.17, 15) is 0 Å². The normalized spacial score (nSPS) is 14.3. The van der Waals surface area contributed by atoms with Gasteiger partial charge in [0.25, 0.3) is 0 Å². The minimum atomic E-state index is -0.0279. The molecule has 0 amide bonds. The van der Waals surface area contributed by atoms with Crippen molar-refractivity contribution in [2.45, 2.75) is 32.4 Å². The molecule has 1 heterocycles. The molecule has 0 aliphatic carbocycles. The maximum atomic E-state index is 6.06. The average molecular weight is 275 g/mol. The van der Waals surface area contributed by atoms with Crippen molar-refractivity contribution in [3.63, 3.8) is 0 Å². The molecule has 0 saturated heterocycles. The zero-order chi connectivity index (χ0) is 13.7. The number of hydrogen-bond acceptors (Lipinski definition) is 3. The Morgan fingerprint density at radius 2 is 2.11 bits per heavy atom. The third kappa shape index (κ3) is 4.16. The molecule has 102 valence electrons. The van der Waals surface area contributed by atoms with Crippen LogP contribution in [0.25, 0.3) is 0 Å². The first-order chi connectivity index (χ1) is 9.16. The molecule has 0 aliphatic heterocycles. The van der Waals surface area contributed by atoms with Gasteiger partial charge >= 0.3 is 0 Å². The number of rotatable bonds is 6. The fraction of sp³-hybridized carbons (Fsp3) is 0.375. The van der Waals surface area contributed by atoms with Crippen molar-refractivity contribution in [2.24, 2.45) is 5.73 Å². The van der Waals surface area contributed by atoms with Crippen LogP contribution in [0.5, 0.6) is 0 Å². The predicted octanol–water partition coefficient (Wildman–Crippen LogP) is 3.70. The molecule has 2 aromatic rings. The number of ether oxygens (including phenoxy) is 1. The van der Waals surface area contributed by atoms with Crippen molar-refractivity contribution < 1.29 is 4.74 Å². The SMILES string of the molecule is Cc1cccc(C(OCCc2cccs2)C(C)N)c1. The maximum absolute atomic E-state index is 6.06. The number of aryl methyl sites for hydroxylation is 1. The van der Waals surface area contributed by atoms with Crippen LogP contribution >= 0.6 is 11.3 Å². The molecule has 2 N–H and O–H groups in total. The lowest BCUT2D eigenvalue weighted by Gasteiger charge is -2.22. The standard InChI is InChI=1S/C16H21NOS/c1-12-5-3-6-14(11-12)16(13(2)17)18-9-8-15-7-4-10-19-15/h3-7,10-11,13,16H,8-9,17H2,1-2H3. The highest BCUT2D eigenvalue weighted by atomic mass is 32.1. The molecule has 2 nitrogen and oxygen atoms in total. The highest BCUT2D eigenvalue weighted by molar-refractivity contribution is 7.09. The smallest absolute Gasteiger partial charge is 0.0973 e. The molecular formula is C16H21NOS. The third-order valence-corrected chi connectivity index (χ3v) is 4.01. The number of hydrogen-bond donors (Lipinski definition) is 1. The van der Waals surface area contributed by atoms with Crippen LogP contribution < -0.4 is 5.73 Å². The molecule has 19 heavy (non-hydrogen) atoms. The number of thiophene rings is 1. The van der Waals surface area contributed by atoms with Crippen molar-refractivity contribution >= 4 is 11.3 Å². The summed E-state index contributed by atoms with van der Waals surface area (Å²) in [4.78, 5) is 1.35. The summed E-state index contributed by atoms with van der Waals surface area (Å²) >= 11 is 1.77.